The Hall–Kier alpha value is -1.80. The summed E-state index contributed by atoms with van der Waals surface area (Å²) in [7, 11) is 1.50. The lowest BCUT2D eigenvalue weighted by atomic mass is 9.98. The van der Waals surface area contributed by atoms with E-state index in [-0.39, 0.29) is 6.61 Å². The van der Waals surface area contributed by atoms with Gasteiger partial charge in [0.1, 0.15) is 24.4 Å². The van der Waals surface area contributed by atoms with Gasteiger partial charge in [0.05, 0.1) is 19.8 Å². The van der Waals surface area contributed by atoms with Crippen molar-refractivity contribution in [3.05, 3.63) is 71.8 Å². The quantitative estimate of drug-likeness (QED) is 0.735. The lowest BCUT2D eigenvalue weighted by Crippen LogP contribution is -2.60. The Balaban J connectivity index is 1.73. The third-order valence-corrected chi connectivity index (χ3v) is 4.60. The summed E-state index contributed by atoms with van der Waals surface area (Å²) < 4.78 is 23.1. The normalized spacial score (nSPS) is 28.2. The van der Waals surface area contributed by atoms with Gasteiger partial charge in [-0.1, -0.05) is 60.7 Å². The Bertz CT molecular complexity index is 665. The Kier molecular flexibility index (Phi) is 7.34. The summed E-state index contributed by atoms with van der Waals surface area (Å²) in [4.78, 5) is 0. The van der Waals surface area contributed by atoms with Crippen molar-refractivity contribution in [1.82, 2.24) is 0 Å². The second-order valence-corrected chi connectivity index (χ2v) is 6.47. The number of methoxy groups -OCH3 is 1. The van der Waals surface area contributed by atoms with E-state index in [1.54, 1.807) is 0 Å². The highest BCUT2D eigenvalue weighted by molar-refractivity contribution is 5.14. The molecule has 2 aromatic rings. The molecule has 1 heterocycles. The maximum Gasteiger partial charge on any atom is 0.186 e. The van der Waals surface area contributed by atoms with Crippen LogP contribution in [0.4, 0.5) is 0 Å². The van der Waals surface area contributed by atoms with Crippen LogP contribution >= 0.6 is 0 Å². The van der Waals surface area contributed by atoms with E-state index < -0.39 is 30.7 Å². The molecular weight excluding hydrogens is 348 g/mol. The van der Waals surface area contributed by atoms with Gasteiger partial charge >= 0.3 is 0 Å². The number of hydrogen-bond donors (Lipinski definition) is 2. The van der Waals surface area contributed by atoms with Crippen molar-refractivity contribution in [3.8, 4) is 0 Å². The molecule has 5 atom stereocenters. The predicted molar refractivity (Wildman–Crippen MR) is 98.8 cm³/mol. The maximum absolute atomic E-state index is 10.6. The number of benzene rings is 2. The zero-order valence-corrected chi connectivity index (χ0v) is 15.3. The molecule has 2 unspecified atom stereocenters. The van der Waals surface area contributed by atoms with Crippen molar-refractivity contribution in [2.75, 3.05) is 13.7 Å². The molecule has 6 nitrogen and oxygen atoms in total. The van der Waals surface area contributed by atoms with Crippen LogP contribution in [0, 0.1) is 0 Å². The standard InChI is InChI=1S/C21H26O6/c1-24-21-20(26-14-16-10-6-3-7-11-16)19(18(23)17(12-22)27-21)25-13-15-8-4-2-5-9-15/h2-11,17-23H,12-14H2,1H3/t17?,18-,19+,20-,21?/m1/s1. The number of ether oxygens (including phenoxy) is 4. The highest BCUT2D eigenvalue weighted by Crippen LogP contribution is 2.28. The number of aliphatic hydroxyl groups is 2. The van der Waals surface area contributed by atoms with Gasteiger partial charge in [0.2, 0.25) is 0 Å². The first-order valence-electron chi connectivity index (χ1n) is 9.01. The SMILES string of the molecule is COC1OC(CO)[C@@H](O)[C@H](OCc2ccccc2)[C@H]1OCc1ccccc1. The summed E-state index contributed by atoms with van der Waals surface area (Å²) in [5.41, 5.74) is 1.97. The van der Waals surface area contributed by atoms with Crippen molar-refractivity contribution in [3.63, 3.8) is 0 Å². The smallest absolute Gasteiger partial charge is 0.186 e. The van der Waals surface area contributed by atoms with E-state index in [9.17, 15) is 10.2 Å². The molecule has 2 aromatic carbocycles. The molecule has 0 aliphatic carbocycles. The molecule has 146 valence electrons. The van der Waals surface area contributed by atoms with Crippen LogP contribution in [0.3, 0.4) is 0 Å². The molecule has 1 aliphatic rings. The summed E-state index contributed by atoms with van der Waals surface area (Å²) >= 11 is 0. The summed E-state index contributed by atoms with van der Waals surface area (Å²) in [5.74, 6) is 0. The third kappa shape index (κ3) is 5.13. The monoisotopic (exact) mass is 374 g/mol. The highest BCUT2D eigenvalue weighted by atomic mass is 16.7. The summed E-state index contributed by atoms with van der Waals surface area (Å²) in [6.45, 7) is 0.302. The number of hydrogen-bond acceptors (Lipinski definition) is 6. The first kappa shape index (κ1) is 19.9. The molecule has 0 saturated carbocycles. The molecule has 0 aromatic heterocycles. The van der Waals surface area contributed by atoms with Gasteiger partial charge in [0.15, 0.2) is 6.29 Å². The third-order valence-electron chi connectivity index (χ3n) is 4.60. The Labute approximate surface area is 159 Å². The zero-order chi connectivity index (χ0) is 19.1. The zero-order valence-electron chi connectivity index (χ0n) is 15.3. The molecule has 0 radical (unpaired) electrons. The molecular formula is C21H26O6. The molecule has 2 N–H and O–H groups in total. The molecule has 1 fully saturated rings. The van der Waals surface area contributed by atoms with Crippen LogP contribution in [-0.2, 0) is 32.2 Å². The van der Waals surface area contributed by atoms with Crippen LogP contribution in [0.1, 0.15) is 11.1 Å². The lowest BCUT2D eigenvalue weighted by Gasteiger charge is -2.43. The van der Waals surface area contributed by atoms with Crippen LogP contribution in [0.5, 0.6) is 0 Å². The molecule has 1 aliphatic heterocycles. The van der Waals surface area contributed by atoms with Gasteiger partial charge in [-0.2, -0.15) is 0 Å². The number of rotatable bonds is 8. The minimum atomic E-state index is -1.04. The van der Waals surface area contributed by atoms with Crippen molar-refractivity contribution < 1.29 is 29.2 Å². The Morgan fingerprint density at radius 3 is 1.85 bits per heavy atom. The summed E-state index contributed by atoms with van der Waals surface area (Å²) in [6, 6.07) is 19.4. The second kappa shape index (κ2) is 9.94. The molecule has 6 heteroatoms. The van der Waals surface area contributed by atoms with Gasteiger partial charge < -0.3 is 29.2 Å². The van der Waals surface area contributed by atoms with E-state index in [2.05, 4.69) is 0 Å². The van der Waals surface area contributed by atoms with Gasteiger partial charge in [0, 0.05) is 7.11 Å². The second-order valence-electron chi connectivity index (χ2n) is 6.47. The van der Waals surface area contributed by atoms with E-state index in [0.717, 1.165) is 11.1 Å². The van der Waals surface area contributed by atoms with Gasteiger partial charge in [0.25, 0.3) is 0 Å². The Morgan fingerprint density at radius 2 is 1.37 bits per heavy atom. The maximum atomic E-state index is 10.6. The molecule has 27 heavy (non-hydrogen) atoms. The van der Waals surface area contributed by atoms with Crippen LogP contribution in [0.25, 0.3) is 0 Å². The van der Waals surface area contributed by atoms with Gasteiger partial charge in [-0.3, -0.25) is 0 Å². The predicted octanol–water partition coefficient (Wildman–Crippen LogP) is 1.88. The van der Waals surface area contributed by atoms with Gasteiger partial charge in [-0.15, -0.1) is 0 Å². The van der Waals surface area contributed by atoms with Crippen LogP contribution in [0.2, 0.25) is 0 Å². The molecule has 3 rings (SSSR count). The average molecular weight is 374 g/mol. The van der Waals surface area contributed by atoms with Crippen LogP contribution < -0.4 is 0 Å². The largest absolute Gasteiger partial charge is 0.394 e. The average Bonchev–Trinajstić information content (AvgIpc) is 2.73. The molecule has 0 bridgehead atoms. The number of aliphatic hydroxyl groups excluding tert-OH is 2. The molecule has 1 saturated heterocycles. The van der Waals surface area contributed by atoms with Crippen LogP contribution in [0.15, 0.2) is 60.7 Å². The minimum Gasteiger partial charge on any atom is -0.394 e. The van der Waals surface area contributed by atoms with Crippen molar-refractivity contribution in [1.29, 1.82) is 0 Å². The fourth-order valence-electron chi connectivity index (χ4n) is 3.13. The Morgan fingerprint density at radius 1 is 0.852 bits per heavy atom. The van der Waals surface area contributed by atoms with E-state index in [0.29, 0.717) is 13.2 Å². The molecule has 0 amide bonds. The molecule has 0 spiro atoms. The minimum absolute atomic E-state index is 0.308. The lowest BCUT2D eigenvalue weighted by molar-refractivity contribution is -0.314. The first-order chi connectivity index (χ1) is 13.2. The van der Waals surface area contributed by atoms with Crippen molar-refractivity contribution in [2.45, 2.75) is 43.9 Å². The fourth-order valence-corrected chi connectivity index (χ4v) is 3.13. The summed E-state index contributed by atoms with van der Waals surface area (Å²) in [5, 5.41) is 20.2. The summed E-state index contributed by atoms with van der Waals surface area (Å²) in [6.07, 6.45) is -3.94. The topological polar surface area (TPSA) is 77.4 Å². The van der Waals surface area contributed by atoms with Crippen molar-refractivity contribution in [2.24, 2.45) is 0 Å². The van der Waals surface area contributed by atoms with E-state index >= 15 is 0 Å². The fraction of sp³-hybridized carbons (Fsp3) is 0.429. The first-order valence-corrected chi connectivity index (χ1v) is 9.01. The van der Waals surface area contributed by atoms with Crippen LogP contribution in [-0.4, -0.2) is 54.6 Å². The van der Waals surface area contributed by atoms with E-state index in [4.69, 9.17) is 18.9 Å². The highest BCUT2D eigenvalue weighted by Gasteiger charge is 2.46. The van der Waals surface area contributed by atoms with Gasteiger partial charge in [-0.05, 0) is 11.1 Å². The van der Waals surface area contributed by atoms with E-state index in [1.807, 2.05) is 60.7 Å². The van der Waals surface area contributed by atoms with E-state index in [1.165, 1.54) is 7.11 Å². The van der Waals surface area contributed by atoms with Gasteiger partial charge in [-0.25, -0.2) is 0 Å². The van der Waals surface area contributed by atoms with Crippen molar-refractivity contribution >= 4 is 0 Å².